The molecular formula is C15H18N2O3. The van der Waals surface area contributed by atoms with Crippen LogP contribution >= 0.6 is 0 Å². The van der Waals surface area contributed by atoms with E-state index in [1.165, 1.54) is 6.08 Å². The number of fused-ring (bicyclic) bond motifs is 1. The summed E-state index contributed by atoms with van der Waals surface area (Å²) in [6.07, 6.45) is 5.80. The van der Waals surface area contributed by atoms with Crippen molar-refractivity contribution in [3.05, 3.63) is 29.5 Å². The monoisotopic (exact) mass is 274 g/mol. The third-order valence-electron chi connectivity index (χ3n) is 2.69. The Labute approximate surface area is 118 Å². The van der Waals surface area contributed by atoms with Gasteiger partial charge in [0.05, 0.1) is 0 Å². The van der Waals surface area contributed by atoms with Crippen LogP contribution in [0.15, 0.2) is 18.3 Å². The van der Waals surface area contributed by atoms with Gasteiger partial charge in [0, 0.05) is 18.7 Å². The van der Waals surface area contributed by atoms with Gasteiger partial charge in [-0.05, 0) is 50.5 Å². The molecule has 0 atom stereocenters. The summed E-state index contributed by atoms with van der Waals surface area (Å²) in [7, 11) is 0. The van der Waals surface area contributed by atoms with Crippen LogP contribution in [0.5, 0.6) is 0 Å². The molecule has 0 fully saturated rings. The summed E-state index contributed by atoms with van der Waals surface area (Å²) in [6, 6.07) is 1.92. The Bertz CT molecular complexity index is 571. The van der Waals surface area contributed by atoms with Crippen LogP contribution < -0.4 is 5.32 Å². The zero-order valence-corrected chi connectivity index (χ0v) is 11.9. The molecule has 0 radical (unpaired) electrons. The highest BCUT2D eigenvalue weighted by molar-refractivity contribution is 5.93. The van der Waals surface area contributed by atoms with Crippen LogP contribution in [0.2, 0.25) is 0 Å². The summed E-state index contributed by atoms with van der Waals surface area (Å²) in [5.74, 6) is 0.209. The number of amides is 1. The van der Waals surface area contributed by atoms with Crippen LogP contribution in [-0.4, -0.2) is 22.5 Å². The average Bonchev–Trinajstić information content (AvgIpc) is 2.34. The number of anilines is 1. The Balaban J connectivity index is 2.07. The zero-order valence-electron chi connectivity index (χ0n) is 11.9. The maximum Gasteiger partial charge on any atom is 0.331 e. The third kappa shape index (κ3) is 3.91. The third-order valence-corrected chi connectivity index (χ3v) is 2.69. The normalized spacial score (nSPS) is 14.8. The Morgan fingerprint density at radius 3 is 2.85 bits per heavy atom. The van der Waals surface area contributed by atoms with Crippen LogP contribution in [0, 0.1) is 0 Å². The Hall–Kier alpha value is -2.17. The molecule has 106 valence electrons. The SMILES string of the molecule is CC(C)(C)OC(=O)/C=C\c1cnc2c(c1)CCC(=O)N2. The van der Waals surface area contributed by atoms with E-state index in [9.17, 15) is 9.59 Å². The molecule has 0 saturated carbocycles. The molecule has 2 heterocycles. The van der Waals surface area contributed by atoms with Gasteiger partial charge in [0.2, 0.25) is 5.91 Å². The number of pyridine rings is 1. The number of esters is 1. The van der Waals surface area contributed by atoms with Gasteiger partial charge in [-0.15, -0.1) is 0 Å². The summed E-state index contributed by atoms with van der Waals surface area (Å²) >= 11 is 0. The molecule has 20 heavy (non-hydrogen) atoms. The van der Waals surface area contributed by atoms with Crippen LogP contribution in [0.1, 0.15) is 38.3 Å². The van der Waals surface area contributed by atoms with Gasteiger partial charge >= 0.3 is 5.97 Å². The first-order chi connectivity index (χ1) is 9.33. The second-order valence-electron chi connectivity index (χ2n) is 5.69. The Morgan fingerprint density at radius 1 is 1.40 bits per heavy atom. The van der Waals surface area contributed by atoms with Gasteiger partial charge < -0.3 is 10.1 Å². The quantitative estimate of drug-likeness (QED) is 0.664. The lowest BCUT2D eigenvalue weighted by Gasteiger charge is -2.18. The van der Waals surface area contributed by atoms with E-state index >= 15 is 0 Å². The van der Waals surface area contributed by atoms with Crippen molar-refractivity contribution < 1.29 is 14.3 Å². The lowest BCUT2D eigenvalue weighted by molar-refractivity contribution is -0.148. The molecule has 2 rings (SSSR count). The maximum absolute atomic E-state index is 11.6. The van der Waals surface area contributed by atoms with Gasteiger partial charge in [0.25, 0.3) is 0 Å². The number of carbonyl (C=O) groups excluding carboxylic acids is 2. The fourth-order valence-electron chi connectivity index (χ4n) is 1.87. The number of aryl methyl sites for hydroxylation is 1. The van der Waals surface area contributed by atoms with Crippen molar-refractivity contribution in [1.82, 2.24) is 4.98 Å². The molecule has 5 heteroatoms. The van der Waals surface area contributed by atoms with Gasteiger partial charge in [-0.3, -0.25) is 4.79 Å². The van der Waals surface area contributed by atoms with Gasteiger partial charge in [-0.25, -0.2) is 9.78 Å². The minimum Gasteiger partial charge on any atom is -0.457 e. The first-order valence-electron chi connectivity index (χ1n) is 6.53. The van der Waals surface area contributed by atoms with E-state index in [0.29, 0.717) is 18.7 Å². The number of carbonyl (C=O) groups is 2. The van der Waals surface area contributed by atoms with Crippen molar-refractivity contribution in [2.24, 2.45) is 0 Å². The lowest BCUT2D eigenvalue weighted by Crippen LogP contribution is -2.22. The van der Waals surface area contributed by atoms with Crippen LogP contribution in [-0.2, 0) is 20.7 Å². The van der Waals surface area contributed by atoms with Crippen LogP contribution in [0.3, 0.4) is 0 Å². The van der Waals surface area contributed by atoms with E-state index < -0.39 is 5.60 Å². The lowest BCUT2D eigenvalue weighted by atomic mass is 10.0. The van der Waals surface area contributed by atoms with Crippen LogP contribution in [0.4, 0.5) is 5.82 Å². The minimum absolute atomic E-state index is 0.0120. The van der Waals surface area contributed by atoms with Crippen LogP contribution in [0.25, 0.3) is 6.08 Å². The van der Waals surface area contributed by atoms with E-state index in [4.69, 9.17) is 4.74 Å². The van der Waals surface area contributed by atoms with E-state index in [2.05, 4.69) is 10.3 Å². The van der Waals surface area contributed by atoms with Crippen molar-refractivity contribution in [1.29, 1.82) is 0 Å². The molecule has 0 aromatic carbocycles. The highest BCUT2D eigenvalue weighted by Gasteiger charge is 2.16. The van der Waals surface area contributed by atoms with Crippen molar-refractivity contribution in [2.45, 2.75) is 39.2 Å². The minimum atomic E-state index is -0.500. The molecular weight excluding hydrogens is 256 g/mol. The Morgan fingerprint density at radius 2 is 2.15 bits per heavy atom. The summed E-state index contributed by atoms with van der Waals surface area (Å²) in [5.41, 5.74) is 1.29. The summed E-state index contributed by atoms with van der Waals surface area (Å²) in [5, 5.41) is 2.72. The van der Waals surface area contributed by atoms with E-state index in [0.717, 1.165) is 11.1 Å². The largest absolute Gasteiger partial charge is 0.457 e. The molecule has 1 amide bonds. The number of hydrogen-bond acceptors (Lipinski definition) is 4. The van der Waals surface area contributed by atoms with Crippen molar-refractivity contribution in [2.75, 3.05) is 5.32 Å². The summed E-state index contributed by atoms with van der Waals surface area (Å²) in [4.78, 5) is 27.0. The fourth-order valence-corrected chi connectivity index (χ4v) is 1.87. The smallest absolute Gasteiger partial charge is 0.331 e. The molecule has 1 aromatic rings. The van der Waals surface area contributed by atoms with E-state index in [1.807, 2.05) is 26.8 Å². The average molecular weight is 274 g/mol. The highest BCUT2D eigenvalue weighted by Crippen LogP contribution is 2.21. The van der Waals surface area contributed by atoms with Crippen molar-refractivity contribution in [3.8, 4) is 0 Å². The number of aromatic nitrogens is 1. The fraction of sp³-hybridized carbons (Fsp3) is 0.400. The molecule has 0 bridgehead atoms. The predicted octanol–water partition coefficient (Wildman–Crippen LogP) is 2.32. The zero-order chi connectivity index (χ0) is 14.8. The molecule has 1 aliphatic heterocycles. The van der Waals surface area contributed by atoms with Gasteiger partial charge in [0.1, 0.15) is 11.4 Å². The molecule has 0 unspecified atom stereocenters. The summed E-state index contributed by atoms with van der Waals surface area (Å²) < 4.78 is 5.18. The maximum atomic E-state index is 11.6. The standard InChI is InChI=1S/C15H18N2O3/c1-15(2,3)20-13(19)7-4-10-8-11-5-6-12(18)17-14(11)16-9-10/h4,7-9H,5-6H2,1-3H3,(H,16,17,18)/b7-4-. The molecule has 0 aliphatic carbocycles. The first kappa shape index (κ1) is 14.2. The van der Waals surface area contributed by atoms with E-state index in [-0.39, 0.29) is 11.9 Å². The molecule has 1 aromatic heterocycles. The number of hydrogen-bond donors (Lipinski definition) is 1. The molecule has 1 N–H and O–H groups in total. The van der Waals surface area contributed by atoms with Gasteiger partial charge in [-0.2, -0.15) is 0 Å². The Kier molecular flexibility index (Phi) is 3.88. The molecule has 1 aliphatic rings. The predicted molar refractivity (Wildman–Crippen MR) is 76.1 cm³/mol. The highest BCUT2D eigenvalue weighted by atomic mass is 16.6. The number of rotatable bonds is 2. The van der Waals surface area contributed by atoms with Crippen molar-refractivity contribution >= 4 is 23.8 Å². The topological polar surface area (TPSA) is 68.3 Å². The van der Waals surface area contributed by atoms with Crippen molar-refractivity contribution in [3.63, 3.8) is 0 Å². The molecule has 0 saturated heterocycles. The first-order valence-corrected chi connectivity index (χ1v) is 6.53. The van der Waals surface area contributed by atoms with Gasteiger partial charge in [0.15, 0.2) is 0 Å². The molecule has 0 spiro atoms. The number of ether oxygens (including phenoxy) is 1. The number of nitrogens with one attached hydrogen (secondary N) is 1. The van der Waals surface area contributed by atoms with E-state index in [1.54, 1.807) is 12.3 Å². The number of nitrogens with zero attached hydrogens (tertiary/aromatic N) is 1. The summed E-state index contributed by atoms with van der Waals surface area (Å²) in [6.45, 7) is 5.46. The molecule has 5 nitrogen and oxygen atoms in total. The second-order valence-corrected chi connectivity index (χ2v) is 5.69. The second kappa shape index (κ2) is 5.45. The van der Waals surface area contributed by atoms with Gasteiger partial charge in [-0.1, -0.05) is 0 Å².